The Balaban J connectivity index is 1.14. The predicted octanol–water partition coefficient (Wildman–Crippen LogP) is 12.1. The van der Waals surface area contributed by atoms with Gasteiger partial charge in [-0.3, -0.25) is 0 Å². The van der Waals surface area contributed by atoms with Crippen LogP contribution in [0.4, 0.5) is 22.7 Å². The molecule has 4 heteroatoms. The molecule has 0 aromatic heterocycles. The molecular formula is C40H34N2S2. The van der Waals surface area contributed by atoms with E-state index in [1.165, 1.54) is 32.0 Å². The first-order valence-corrected chi connectivity index (χ1v) is 17.0. The van der Waals surface area contributed by atoms with Gasteiger partial charge in [0.2, 0.25) is 0 Å². The summed E-state index contributed by atoms with van der Waals surface area (Å²) in [5, 5.41) is 7.30. The van der Waals surface area contributed by atoms with Gasteiger partial charge in [0.1, 0.15) is 0 Å². The second-order valence-corrected chi connectivity index (χ2v) is 12.0. The number of hydrogen-bond donors (Lipinski definition) is 2. The van der Waals surface area contributed by atoms with Crippen LogP contribution in [-0.4, -0.2) is 12.5 Å². The molecule has 0 aliphatic heterocycles. The molecule has 0 saturated heterocycles. The van der Waals surface area contributed by atoms with Crippen molar-refractivity contribution in [2.45, 2.75) is 9.79 Å². The van der Waals surface area contributed by atoms with E-state index in [0.29, 0.717) is 0 Å². The minimum Gasteiger partial charge on any atom is -0.355 e. The summed E-state index contributed by atoms with van der Waals surface area (Å²) in [6.07, 6.45) is 8.57. The van der Waals surface area contributed by atoms with Crippen molar-refractivity contribution in [1.29, 1.82) is 0 Å². The highest BCUT2D eigenvalue weighted by molar-refractivity contribution is 7.99. The lowest BCUT2D eigenvalue weighted by Crippen LogP contribution is -1.95. The number of benzene rings is 6. The van der Waals surface area contributed by atoms with Crippen molar-refractivity contribution < 1.29 is 0 Å². The molecule has 2 nitrogen and oxygen atoms in total. The average molecular weight is 607 g/mol. The van der Waals surface area contributed by atoms with E-state index in [9.17, 15) is 0 Å². The van der Waals surface area contributed by atoms with E-state index >= 15 is 0 Å². The van der Waals surface area contributed by atoms with Crippen LogP contribution in [0.1, 0.15) is 11.1 Å². The minimum absolute atomic E-state index is 1.06. The predicted molar refractivity (Wildman–Crippen MR) is 196 cm³/mol. The summed E-state index contributed by atoms with van der Waals surface area (Å²) in [5.41, 5.74) is 11.5. The number of anilines is 4. The van der Waals surface area contributed by atoms with Gasteiger partial charge in [-0.15, -0.1) is 23.5 Å². The number of rotatable bonds is 10. The average Bonchev–Trinajstić information content (AvgIpc) is 3.09. The maximum atomic E-state index is 3.65. The van der Waals surface area contributed by atoms with Crippen LogP contribution >= 0.6 is 23.5 Å². The van der Waals surface area contributed by atoms with Crippen molar-refractivity contribution in [1.82, 2.24) is 0 Å². The van der Waals surface area contributed by atoms with Crippen LogP contribution in [0, 0.1) is 0 Å². The van der Waals surface area contributed by atoms with Crippen LogP contribution < -0.4 is 10.6 Å². The number of hydrogen-bond acceptors (Lipinski definition) is 4. The summed E-state index contributed by atoms with van der Waals surface area (Å²) in [6.45, 7) is 0. The van der Waals surface area contributed by atoms with Crippen molar-refractivity contribution in [3.05, 3.63) is 157 Å². The second kappa shape index (κ2) is 14.2. The van der Waals surface area contributed by atoms with Gasteiger partial charge in [0.05, 0.1) is 0 Å². The topological polar surface area (TPSA) is 24.1 Å². The van der Waals surface area contributed by atoms with E-state index in [2.05, 4.69) is 181 Å². The maximum absolute atomic E-state index is 3.65. The Morgan fingerprint density at radius 3 is 1.16 bits per heavy atom. The summed E-state index contributed by atoms with van der Waals surface area (Å²) in [5.74, 6) is 0. The molecule has 0 spiro atoms. The lowest BCUT2D eigenvalue weighted by molar-refractivity contribution is 1.42. The largest absolute Gasteiger partial charge is 0.355 e. The van der Waals surface area contributed by atoms with Gasteiger partial charge in [-0.05, 0) is 83.3 Å². The Kier molecular flexibility index (Phi) is 9.51. The Labute approximate surface area is 269 Å². The first-order chi connectivity index (χ1) is 21.7. The highest BCUT2D eigenvalue weighted by atomic mass is 32.2. The maximum Gasteiger partial charge on any atom is 0.0475 e. The summed E-state index contributed by atoms with van der Waals surface area (Å²) < 4.78 is 0. The van der Waals surface area contributed by atoms with Crippen molar-refractivity contribution >= 4 is 58.4 Å². The molecule has 6 aromatic rings. The highest BCUT2D eigenvalue weighted by Crippen LogP contribution is 2.39. The van der Waals surface area contributed by atoms with Gasteiger partial charge >= 0.3 is 0 Å². The molecule has 0 amide bonds. The molecule has 6 aromatic carbocycles. The van der Waals surface area contributed by atoms with Crippen molar-refractivity contribution in [2.75, 3.05) is 23.1 Å². The molecule has 0 fully saturated rings. The molecule has 2 N–H and O–H groups in total. The van der Waals surface area contributed by atoms with E-state index < -0.39 is 0 Å². The molecule has 6 rings (SSSR count). The lowest BCUT2D eigenvalue weighted by atomic mass is 10.0. The molecule has 0 saturated carbocycles. The van der Waals surface area contributed by atoms with Crippen LogP contribution in [0.2, 0.25) is 0 Å². The quantitative estimate of drug-likeness (QED) is 0.120. The molecule has 0 atom stereocenters. The van der Waals surface area contributed by atoms with Crippen LogP contribution in [0.5, 0.6) is 0 Å². The lowest BCUT2D eigenvalue weighted by Gasteiger charge is -2.16. The molecular weight excluding hydrogens is 573 g/mol. The molecule has 44 heavy (non-hydrogen) atoms. The van der Waals surface area contributed by atoms with E-state index in [1.807, 2.05) is 0 Å². The van der Waals surface area contributed by atoms with E-state index in [1.54, 1.807) is 23.5 Å². The van der Waals surface area contributed by atoms with E-state index in [4.69, 9.17) is 0 Å². The van der Waals surface area contributed by atoms with Crippen LogP contribution in [0.15, 0.2) is 155 Å². The first-order valence-electron chi connectivity index (χ1n) is 14.6. The minimum atomic E-state index is 1.06. The molecule has 216 valence electrons. The zero-order chi connectivity index (χ0) is 30.1. The van der Waals surface area contributed by atoms with Gasteiger partial charge < -0.3 is 10.6 Å². The van der Waals surface area contributed by atoms with Crippen LogP contribution in [0.25, 0.3) is 34.4 Å². The zero-order valence-corrected chi connectivity index (χ0v) is 26.5. The van der Waals surface area contributed by atoms with Gasteiger partial charge in [-0.25, -0.2) is 0 Å². The van der Waals surface area contributed by atoms with Gasteiger partial charge in [0.15, 0.2) is 0 Å². The fraction of sp³-hybridized carbons (Fsp3) is 0.0500. The summed E-state index contributed by atoms with van der Waals surface area (Å²) in [4.78, 5) is 2.51. The van der Waals surface area contributed by atoms with Crippen molar-refractivity contribution in [3.8, 4) is 22.3 Å². The molecule has 0 heterocycles. The summed E-state index contributed by atoms with van der Waals surface area (Å²) >= 11 is 3.54. The first kappa shape index (κ1) is 29.4. The van der Waals surface area contributed by atoms with Gasteiger partial charge in [0.25, 0.3) is 0 Å². The van der Waals surface area contributed by atoms with Gasteiger partial charge in [-0.1, -0.05) is 109 Å². The Hall–Kier alpha value is -4.64. The van der Waals surface area contributed by atoms with E-state index in [0.717, 1.165) is 33.9 Å². The standard InChI is InChI=1S/C40H34N2S2/c1-43-37-17-9-15-35(39(37)31-11-5-3-6-12-31)41-33-25-21-29(22-26-33)19-20-30-23-27-34(28-24-30)42-36-16-10-18-38(44-2)40(36)32-13-7-4-8-14-32/h3-28,41-42H,1-2H3. The van der Waals surface area contributed by atoms with E-state index in [-0.39, 0.29) is 0 Å². The van der Waals surface area contributed by atoms with Gasteiger partial charge in [-0.2, -0.15) is 0 Å². The zero-order valence-electron chi connectivity index (χ0n) is 24.8. The molecule has 0 radical (unpaired) electrons. The van der Waals surface area contributed by atoms with Gasteiger partial charge in [0, 0.05) is 43.7 Å². The smallest absolute Gasteiger partial charge is 0.0475 e. The summed E-state index contributed by atoms with van der Waals surface area (Å²) in [6, 6.07) is 51.2. The Morgan fingerprint density at radius 1 is 0.409 bits per heavy atom. The fourth-order valence-corrected chi connectivity index (χ4v) is 6.57. The van der Waals surface area contributed by atoms with Crippen LogP contribution in [-0.2, 0) is 0 Å². The third-order valence-electron chi connectivity index (χ3n) is 7.46. The molecule has 0 bridgehead atoms. The number of nitrogens with one attached hydrogen (secondary N) is 2. The second-order valence-electron chi connectivity index (χ2n) is 10.3. The third kappa shape index (κ3) is 6.94. The molecule has 0 aliphatic rings. The number of thioether (sulfide) groups is 2. The highest BCUT2D eigenvalue weighted by Gasteiger charge is 2.12. The van der Waals surface area contributed by atoms with Crippen LogP contribution in [0.3, 0.4) is 0 Å². The van der Waals surface area contributed by atoms with Crippen molar-refractivity contribution in [2.24, 2.45) is 0 Å². The summed E-state index contributed by atoms with van der Waals surface area (Å²) in [7, 11) is 0. The Bertz CT molecular complexity index is 1710. The fourth-order valence-electron chi connectivity index (χ4n) is 5.27. The Morgan fingerprint density at radius 2 is 0.795 bits per heavy atom. The monoisotopic (exact) mass is 606 g/mol. The van der Waals surface area contributed by atoms with Crippen molar-refractivity contribution in [3.63, 3.8) is 0 Å². The molecule has 0 aliphatic carbocycles. The molecule has 0 unspecified atom stereocenters. The SMILES string of the molecule is CSc1cccc(Nc2ccc(C=Cc3ccc(Nc4cccc(SC)c4-c4ccccc4)cc3)cc2)c1-c1ccccc1. The third-order valence-corrected chi connectivity index (χ3v) is 9.02. The normalized spacial score (nSPS) is 11.0.